The number of anilines is 2. The second-order valence-electron chi connectivity index (χ2n) is 9.02. The Morgan fingerprint density at radius 3 is 2.17 bits per heavy atom. The molecule has 29 heavy (non-hydrogen) atoms. The summed E-state index contributed by atoms with van der Waals surface area (Å²) in [6, 6.07) is 8.77. The second kappa shape index (κ2) is 9.67. The Morgan fingerprint density at radius 2 is 1.62 bits per heavy atom. The van der Waals surface area contributed by atoms with Gasteiger partial charge >= 0.3 is 0 Å². The van der Waals surface area contributed by atoms with E-state index in [0.717, 1.165) is 51.0 Å². The predicted molar refractivity (Wildman–Crippen MR) is 120 cm³/mol. The summed E-state index contributed by atoms with van der Waals surface area (Å²) >= 11 is 0. The van der Waals surface area contributed by atoms with Crippen LogP contribution in [-0.2, 0) is 14.8 Å². The third-order valence-corrected chi connectivity index (χ3v) is 7.95. The SMILES string of the molecule is CC(C)S(=O)(=O)N[C@H]1CC[C@H](CNc2ccc(N3C[C@@H](C)O[C@H](C)C3)cc2)CC1. The fourth-order valence-electron chi connectivity index (χ4n) is 4.29. The van der Waals surface area contributed by atoms with Gasteiger partial charge in [-0.1, -0.05) is 0 Å². The maximum Gasteiger partial charge on any atom is 0.214 e. The van der Waals surface area contributed by atoms with E-state index < -0.39 is 10.0 Å². The van der Waals surface area contributed by atoms with Gasteiger partial charge in [0.1, 0.15) is 0 Å². The van der Waals surface area contributed by atoms with Crippen molar-refractivity contribution in [3.05, 3.63) is 24.3 Å². The number of sulfonamides is 1. The summed E-state index contributed by atoms with van der Waals surface area (Å²) in [5.41, 5.74) is 2.39. The molecule has 1 saturated carbocycles. The highest BCUT2D eigenvalue weighted by Crippen LogP contribution is 2.26. The van der Waals surface area contributed by atoms with Crippen LogP contribution in [0.2, 0.25) is 0 Å². The van der Waals surface area contributed by atoms with Crippen LogP contribution in [0, 0.1) is 5.92 Å². The highest BCUT2D eigenvalue weighted by Gasteiger charge is 2.26. The highest BCUT2D eigenvalue weighted by atomic mass is 32.2. The second-order valence-corrected chi connectivity index (χ2v) is 11.3. The molecule has 6 nitrogen and oxygen atoms in total. The summed E-state index contributed by atoms with van der Waals surface area (Å²) < 4.78 is 32.8. The number of nitrogens with zero attached hydrogens (tertiary/aromatic N) is 1. The molecule has 0 radical (unpaired) electrons. The molecule has 164 valence electrons. The van der Waals surface area contributed by atoms with E-state index in [-0.39, 0.29) is 23.5 Å². The summed E-state index contributed by atoms with van der Waals surface area (Å²) in [7, 11) is -3.17. The first-order valence-corrected chi connectivity index (χ1v) is 12.5. The molecule has 0 bridgehead atoms. The predicted octanol–water partition coefficient (Wildman–Crippen LogP) is 3.60. The Labute approximate surface area is 176 Å². The van der Waals surface area contributed by atoms with Gasteiger partial charge in [-0.2, -0.15) is 0 Å². The van der Waals surface area contributed by atoms with Gasteiger partial charge in [-0.25, -0.2) is 13.1 Å². The normalized spacial score (nSPS) is 28.5. The first kappa shape index (κ1) is 22.4. The third kappa shape index (κ3) is 6.33. The van der Waals surface area contributed by atoms with Crippen LogP contribution in [0.4, 0.5) is 11.4 Å². The number of ether oxygens (including phenoxy) is 1. The van der Waals surface area contributed by atoms with E-state index in [4.69, 9.17) is 4.74 Å². The topological polar surface area (TPSA) is 70.7 Å². The molecule has 1 aliphatic heterocycles. The Bertz CT molecular complexity index is 733. The van der Waals surface area contributed by atoms with E-state index in [2.05, 4.69) is 53.1 Å². The van der Waals surface area contributed by atoms with E-state index in [1.807, 2.05) is 0 Å². The Morgan fingerprint density at radius 1 is 1.03 bits per heavy atom. The molecule has 1 saturated heterocycles. The molecule has 1 aliphatic carbocycles. The van der Waals surface area contributed by atoms with Crippen molar-refractivity contribution in [1.82, 2.24) is 4.72 Å². The van der Waals surface area contributed by atoms with Gasteiger partial charge in [0, 0.05) is 37.1 Å². The maximum absolute atomic E-state index is 12.0. The summed E-state index contributed by atoms with van der Waals surface area (Å²) in [6.07, 6.45) is 4.48. The minimum atomic E-state index is -3.17. The first-order valence-electron chi connectivity index (χ1n) is 11.0. The number of benzene rings is 1. The van der Waals surface area contributed by atoms with Crippen molar-refractivity contribution in [2.45, 2.75) is 76.9 Å². The van der Waals surface area contributed by atoms with Gasteiger partial charge in [-0.3, -0.25) is 0 Å². The Balaban J connectivity index is 1.43. The van der Waals surface area contributed by atoms with Gasteiger partial charge in [-0.05, 0) is 83.6 Å². The van der Waals surface area contributed by atoms with Crippen LogP contribution in [0.3, 0.4) is 0 Å². The molecule has 1 aromatic rings. The number of nitrogens with one attached hydrogen (secondary N) is 2. The molecule has 0 amide bonds. The quantitative estimate of drug-likeness (QED) is 0.701. The number of morpholine rings is 1. The van der Waals surface area contributed by atoms with Crippen molar-refractivity contribution >= 4 is 21.4 Å². The van der Waals surface area contributed by atoms with Crippen LogP contribution in [-0.4, -0.2) is 51.6 Å². The molecule has 0 unspecified atom stereocenters. The summed E-state index contributed by atoms with van der Waals surface area (Å²) in [4.78, 5) is 2.39. The molecule has 0 spiro atoms. The highest BCUT2D eigenvalue weighted by molar-refractivity contribution is 7.90. The van der Waals surface area contributed by atoms with E-state index in [9.17, 15) is 8.42 Å². The van der Waals surface area contributed by atoms with Crippen LogP contribution in [0.25, 0.3) is 0 Å². The molecule has 7 heteroatoms. The molecule has 2 aliphatic rings. The van der Waals surface area contributed by atoms with Gasteiger partial charge in [0.15, 0.2) is 0 Å². The fraction of sp³-hybridized carbons (Fsp3) is 0.727. The van der Waals surface area contributed by atoms with Crippen molar-refractivity contribution in [3.8, 4) is 0 Å². The van der Waals surface area contributed by atoms with Crippen molar-refractivity contribution in [1.29, 1.82) is 0 Å². The number of hydrogen-bond acceptors (Lipinski definition) is 5. The molecule has 1 aromatic carbocycles. The van der Waals surface area contributed by atoms with Crippen LogP contribution < -0.4 is 14.9 Å². The lowest BCUT2D eigenvalue weighted by molar-refractivity contribution is -0.00521. The molecular weight excluding hydrogens is 386 g/mol. The van der Waals surface area contributed by atoms with Gasteiger partial charge in [0.25, 0.3) is 0 Å². The fourth-order valence-corrected chi connectivity index (χ4v) is 5.27. The van der Waals surface area contributed by atoms with E-state index in [1.54, 1.807) is 13.8 Å². The minimum absolute atomic E-state index is 0.0937. The van der Waals surface area contributed by atoms with Crippen molar-refractivity contribution in [2.24, 2.45) is 5.92 Å². The molecule has 1 heterocycles. The van der Waals surface area contributed by atoms with Crippen LogP contribution >= 0.6 is 0 Å². The Hall–Kier alpha value is -1.31. The molecule has 2 fully saturated rings. The van der Waals surface area contributed by atoms with E-state index in [1.165, 1.54) is 5.69 Å². The van der Waals surface area contributed by atoms with Crippen LogP contribution in [0.1, 0.15) is 53.4 Å². The molecular formula is C22H37N3O3S. The number of rotatable bonds is 7. The van der Waals surface area contributed by atoms with Crippen molar-refractivity contribution in [3.63, 3.8) is 0 Å². The summed E-state index contributed by atoms with van der Waals surface area (Å²) in [5, 5.41) is 3.19. The van der Waals surface area contributed by atoms with Crippen LogP contribution in [0.5, 0.6) is 0 Å². The third-order valence-electron chi connectivity index (χ3n) is 6.05. The van der Waals surface area contributed by atoms with Gasteiger partial charge in [0.05, 0.1) is 17.5 Å². The lowest BCUT2D eigenvalue weighted by Crippen LogP contribution is -2.45. The zero-order valence-corrected chi connectivity index (χ0v) is 19.0. The van der Waals surface area contributed by atoms with E-state index in [0.29, 0.717) is 5.92 Å². The average Bonchev–Trinajstić information content (AvgIpc) is 2.67. The summed E-state index contributed by atoms with van der Waals surface area (Å²) in [6.45, 7) is 10.5. The zero-order valence-electron chi connectivity index (χ0n) is 18.2. The molecule has 3 rings (SSSR count). The maximum atomic E-state index is 12.0. The monoisotopic (exact) mass is 423 g/mol. The number of hydrogen-bond donors (Lipinski definition) is 2. The van der Waals surface area contributed by atoms with Gasteiger partial charge < -0.3 is 15.0 Å². The molecule has 0 aromatic heterocycles. The lowest BCUT2D eigenvalue weighted by atomic mass is 9.86. The van der Waals surface area contributed by atoms with Crippen molar-refractivity contribution < 1.29 is 13.2 Å². The smallest absolute Gasteiger partial charge is 0.214 e. The average molecular weight is 424 g/mol. The molecule has 2 N–H and O–H groups in total. The summed E-state index contributed by atoms with van der Waals surface area (Å²) in [5.74, 6) is 0.593. The molecule has 2 atom stereocenters. The standard InChI is InChI=1S/C22H37N3O3S/c1-16(2)29(26,27)24-21-7-5-19(6-8-21)13-23-20-9-11-22(12-10-20)25-14-17(3)28-18(4)15-25/h9-12,16-19,21,23-24H,5-8,13-15H2,1-4H3/t17-,18-,19-,21-/m1/s1. The van der Waals surface area contributed by atoms with Crippen molar-refractivity contribution in [2.75, 3.05) is 29.9 Å². The zero-order chi connectivity index (χ0) is 21.0. The minimum Gasteiger partial charge on any atom is -0.385 e. The van der Waals surface area contributed by atoms with E-state index >= 15 is 0 Å². The Kier molecular flexibility index (Phi) is 7.46. The van der Waals surface area contributed by atoms with Gasteiger partial charge in [-0.15, -0.1) is 0 Å². The van der Waals surface area contributed by atoms with Crippen LogP contribution in [0.15, 0.2) is 24.3 Å². The first-order chi connectivity index (χ1) is 13.7. The largest absolute Gasteiger partial charge is 0.385 e. The lowest BCUT2D eigenvalue weighted by Gasteiger charge is -2.37. The van der Waals surface area contributed by atoms with Gasteiger partial charge in [0.2, 0.25) is 10.0 Å².